The molecule has 3 unspecified atom stereocenters. The van der Waals surface area contributed by atoms with Crippen molar-refractivity contribution < 1.29 is 5.11 Å². The number of hydrogen-bond donors (Lipinski definition) is 1. The highest BCUT2D eigenvalue weighted by atomic mass is 32.2. The van der Waals surface area contributed by atoms with Crippen LogP contribution in [0.1, 0.15) is 38.6 Å². The zero-order valence-corrected chi connectivity index (χ0v) is 14.3. The summed E-state index contributed by atoms with van der Waals surface area (Å²) >= 11 is 3.98. The second-order valence-corrected chi connectivity index (χ2v) is 7.85. The van der Waals surface area contributed by atoms with Gasteiger partial charge in [-0.3, -0.25) is 4.68 Å². The van der Waals surface area contributed by atoms with Gasteiger partial charge in [-0.15, -0.1) is 0 Å². The lowest BCUT2D eigenvalue weighted by Gasteiger charge is -2.33. The second-order valence-electron chi connectivity index (χ2n) is 5.22. The Morgan fingerprint density at radius 3 is 2.75 bits per heavy atom. The fourth-order valence-corrected chi connectivity index (χ4v) is 5.90. The van der Waals surface area contributed by atoms with E-state index in [1.54, 1.807) is 0 Å². The van der Waals surface area contributed by atoms with Crippen LogP contribution in [0.4, 0.5) is 0 Å². The van der Waals surface area contributed by atoms with Crippen molar-refractivity contribution in [2.24, 2.45) is 0 Å². The third-order valence-electron chi connectivity index (χ3n) is 3.87. The minimum atomic E-state index is -0.260. The molecule has 1 aromatic rings. The second kappa shape index (κ2) is 7.76. The molecule has 3 atom stereocenters. The van der Waals surface area contributed by atoms with E-state index in [4.69, 9.17) is 0 Å². The number of aliphatic hydroxyl groups excluding tert-OH is 1. The SMILES string of the molecule is CCc1cc(CC(O)C2SCCSC2CC)n(CC)n1. The van der Waals surface area contributed by atoms with E-state index in [2.05, 4.69) is 31.9 Å². The zero-order valence-electron chi connectivity index (χ0n) is 12.7. The molecule has 0 aliphatic carbocycles. The van der Waals surface area contributed by atoms with Crippen molar-refractivity contribution in [2.45, 2.75) is 63.2 Å². The van der Waals surface area contributed by atoms with Crippen molar-refractivity contribution in [1.82, 2.24) is 9.78 Å². The van der Waals surface area contributed by atoms with Crippen LogP contribution >= 0.6 is 23.5 Å². The van der Waals surface area contributed by atoms with Crippen LogP contribution in [0.3, 0.4) is 0 Å². The molecule has 2 heterocycles. The lowest BCUT2D eigenvalue weighted by atomic mass is 10.1. The molecule has 1 saturated heterocycles. The molecule has 0 amide bonds. The molecule has 20 heavy (non-hydrogen) atoms. The third-order valence-corrected chi connectivity index (χ3v) is 7.26. The summed E-state index contributed by atoms with van der Waals surface area (Å²) in [5.41, 5.74) is 2.31. The summed E-state index contributed by atoms with van der Waals surface area (Å²) < 4.78 is 2.05. The molecular weight excluding hydrogens is 288 g/mol. The molecule has 114 valence electrons. The maximum Gasteiger partial charge on any atom is 0.0724 e. The van der Waals surface area contributed by atoms with E-state index in [1.807, 2.05) is 28.2 Å². The number of hydrogen-bond acceptors (Lipinski definition) is 4. The maximum atomic E-state index is 10.7. The molecular formula is C15H26N2OS2. The van der Waals surface area contributed by atoms with Crippen LogP contribution in [0.25, 0.3) is 0 Å². The van der Waals surface area contributed by atoms with E-state index in [9.17, 15) is 5.11 Å². The average Bonchev–Trinajstić information content (AvgIpc) is 2.89. The smallest absolute Gasteiger partial charge is 0.0724 e. The minimum absolute atomic E-state index is 0.260. The van der Waals surface area contributed by atoms with Crippen molar-refractivity contribution in [3.05, 3.63) is 17.5 Å². The highest BCUT2D eigenvalue weighted by Gasteiger charge is 2.31. The number of aromatic nitrogens is 2. The predicted molar refractivity (Wildman–Crippen MR) is 89.8 cm³/mol. The Morgan fingerprint density at radius 2 is 2.10 bits per heavy atom. The number of thioether (sulfide) groups is 2. The topological polar surface area (TPSA) is 38.0 Å². The van der Waals surface area contributed by atoms with Gasteiger partial charge in [0.05, 0.1) is 11.8 Å². The van der Waals surface area contributed by atoms with Crippen LogP contribution in [-0.2, 0) is 19.4 Å². The largest absolute Gasteiger partial charge is 0.392 e. The molecule has 3 nitrogen and oxygen atoms in total. The molecule has 2 rings (SSSR count). The van der Waals surface area contributed by atoms with E-state index in [-0.39, 0.29) is 6.10 Å². The summed E-state index contributed by atoms with van der Waals surface area (Å²) in [6.45, 7) is 7.35. The van der Waals surface area contributed by atoms with Crippen LogP contribution in [0.5, 0.6) is 0 Å². The molecule has 5 heteroatoms. The van der Waals surface area contributed by atoms with E-state index in [0.29, 0.717) is 10.5 Å². The van der Waals surface area contributed by atoms with Gasteiger partial charge in [-0.25, -0.2) is 0 Å². The molecule has 0 bridgehead atoms. The lowest BCUT2D eigenvalue weighted by Crippen LogP contribution is -2.37. The van der Waals surface area contributed by atoms with Gasteiger partial charge >= 0.3 is 0 Å². The van der Waals surface area contributed by atoms with Crippen LogP contribution in [-0.4, -0.2) is 43.0 Å². The molecule has 0 spiro atoms. The molecule has 0 radical (unpaired) electrons. The Balaban J connectivity index is 2.06. The number of nitrogens with zero attached hydrogens (tertiary/aromatic N) is 2. The predicted octanol–water partition coefficient (Wildman–Crippen LogP) is 3.00. The maximum absolute atomic E-state index is 10.7. The highest BCUT2D eigenvalue weighted by Crippen LogP contribution is 2.36. The van der Waals surface area contributed by atoms with Gasteiger partial charge in [-0.05, 0) is 25.8 Å². The lowest BCUT2D eigenvalue weighted by molar-refractivity contribution is 0.166. The molecule has 1 aliphatic heterocycles. The van der Waals surface area contributed by atoms with Crippen LogP contribution < -0.4 is 0 Å². The van der Waals surface area contributed by atoms with Gasteiger partial charge < -0.3 is 5.11 Å². The summed E-state index contributed by atoms with van der Waals surface area (Å²) in [6.07, 6.45) is 2.58. The average molecular weight is 315 g/mol. The standard InChI is InChI=1S/C15H26N2OS2/c1-4-11-9-12(17(6-3)16-11)10-13(18)15-14(5-2)19-7-8-20-15/h9,13-15,18H,4-8,10H2,1-3H3. The Bertz CT molecular complexity index is 422. The van der Waals surface area contributed by atoms with E-state index >= 15 is 0 Å². The molecule has 0 aromatic carbocycles. The van der Waals surface area contributed by atoms with Crippen molar-refractivity contribution in [3.8, 4) is 0 Å². The molecule has 1 fully saturated rings. The summed E-state index contributed by atoms with van der Waals surface area (Å²) in [5, 5.41) is 16.2. The summed E-state index contributed by atoms with van der Waals surface area (Å²) in [7, 11) is 0. The van der Waals surface area contributed by atoms with Gasteiger partial charge in [0.15, 0.2) is 0 Å². The number of aliphatic hydroxyl groups is 1. The van der Waals surface area contributed by atoms with Gasteiger partial charge in [0.1, 0.15) is 0 Å². The summed E-state index contributed by atoms with van der Waals surface area (Å²) in [5.74, 6) is 2.38. The molecule has 1 aliphatic rings. The van der Waals surface area contributed by atoms with Crippen molar-refractivity contribution >= 4 is 23.5 Å². The van der Waals surface area contributed by atoms with Crippen molar-refractivity contribution in [1.29, 1.82) is 0 Å². The van der Waals surface area contributed by atoms with Crippen LogP contribution in [0.15, 0.2) is 6.07 Å². The fourth-order valence-electron chi connectivity index (χ4n) is 2.75. The first-order chi connectivity index (χ1) is 9.69. The Morgan fingerprint density at radius 1 is 1.35 bits per heavy atom. The van der Waals surface area contributed by atoms with Gasteiger partial charge in [0.2, 0.25) is 0 Å². The third kappa shape index (κ3) is 3.74. The van der Waals surface area contributed by atoms with Crippen molar-refractivity contribution in [2.75, 3.05) is 11.5 Å². The number of aryl methyl sites for hydroxylation is 2. The molecule has 1 aromatic heterocycles. The first-order valence-corrected chi connectivity index (χ1v) is 9.76. The van der Waals surface area contributed by atoms with E-state index in [0.717, 1.165) is 37.3 Å². The molecule has 0 saturated carbocycles. The van der Waals surface area contributed by atoms with Crippen LogP contribution in [0.2, 0.25) is 0 Å². The number of rotatable bonds is 6. The van der Waals surface area contributed by atoms with Gasteiger partial charge in [0.25, 0.3) is 0 Å². The van der Waals surface area contributed by atoms with E-state index < -0.39 is 0 Å². The van der Waals surface area contributed by atoms with E-state index in [1.165, 1.54) is 11.4 Å². The summed E-state index contributed by atoms with van der Waals surface area (Å²) in [4.78, 5) is 0. The van der Waals surface area contributed by atoms with Crippen molar-refractivity contribution in [3.63, 3.8) is 0 Å². The zero-order chi connectivity index (χ0) is 14.5. The van der Waals surface area contributed by atoms with Gasteiger partial charge in [-0.1, -0.05) is 13.8 Å². The normalized spacial score (nSPS) is 24.8. The quantitative estimate of drug-likeness (QED) is 0.876. The molecule has 1 N–H and O–H groups in total. The van der Waals surface area contributed by atoms with Gasteiger partial charge in [0, 0.05) is 40.7 Å². The monoisotopic (exact) mass is 314 g/mol. The summed E-state index contributed by atoms with van der Waals surface area (Å²) in [6, 6.07) is 2.16. The van der Waals surface area contributed by atoms with Crippen LogP contribution in [0, 0.1) is 0 Å². The highest BCUT2D eigenvalue weighted by molar-refractivity contribution is 8.07. The fraction of sp³-hybridized carbons (Fsp3) is 0.800. The Kier molecular flexibility index (Phi) is 6.30. The minimum Gasteiger partial charge on any atom is -0.392 e. The van der Waals surface area contributed by atoms with Gasteiger partial charge in [-0.2, -0.15) is 28.6 Å². The first kappa shape index (κ1) is 16.2. The first-order valence-electron chi connectivity index (χ1n) is 7.66. The Hall–Kier alpha value is -0.130. The Labute approximate surface area is 130 Å².